The van der Waals surface area contributed by atoms with Crippen LogP contribution in [-0.2, 0) is 20.8 Å². The van der Waals surface area contributed by atoms with Crippen LogP contribution in [0.15, 0.2) is 47.4 Å². The van der Waals surface area contributed by atoms with Gasteiger partial charge in [-0.1, -0.05) is 17.7 Å². The molecule has 31 heavy (non-hydrogen) atoms. The van der Waals surface area contributed by atoms with Crippen LogP contribution in [0.25, 0.3) is 0 Å². The van der Waals surface area contributed by atoms with Gasteiger partial charge in [-0.25, -0.2) is 8.42 Å². The molecule has 0 atom stereocenters. The Bertz CT molecular complexity index is 1030. The molecule has 0 unspecified atom stereocenters. The van der Waals surface area contributed by atoms with Crippen molar-refractivity contribution in [3.05, 3.63) is 53.6 Å². The third-order valence-electron chi connectivity index (χ3n) is 5.27. The number of nitrogens with one attached hydrogen (secondary N) is 1. The minimum atomic E-state index is -4.55. The summed E-state index contributed by atoms with van der Waals surface area (Å²) in [7, 11) is -3.68. The lowest BCUT2D eigenvalue weighted by Gasteiger charge is -2.31. The van der Waals surface area contributed by atoms with E-state index in [-0.39, 0.29) is 17.0 Å². The number of piperidine rings is 1. The first-order valence-corrected chi connectivity index (χ1v) is 11.8. The van der Waals surface area contributed by atoms with Crippen molar-refractivity contribution in [2.24, 2.45) is 0 Å². The second-order valence-electron chi connectivity index (χ2n) is 7.71. The Morgan fingerprint density at radius 2 is 1.68 bits per heavy atom. The average molecular weight is 455 g/mol. The van der Waals surface area contributed by atoms with Crippen molar-refractivity contribution in [3.63, 3.8) is 0 Å². The van der Waals surface area contributed by atoms with Crippen LogP contribution in [0.2, 0.25) is 0 Å². The van der Waals surface area contributed by atoms with E-state index in [0.717, 1.165) is 37.0 Å². The number of carbonyl (C=O) groups excluding carboxylic acids is 1. The van der Waals surface area contributed by atoms with Gasteiger partial charge in [-0.3, -0.25) is 4.79 Å². The van der Waals surface area contributed by atoms with Crippen LogP contribution in [0.3, 0.4) is 0 Å². The van der Waals surface area contributed by atoms with Gasteiger partial charge in [0.1, 0.15) is 0 Å². The molecule has 2 aromatic carbocycles. The lowest BCUT2D eigenvalue weighted by Crippen LogP contribution is -2.30. The Kier molecular flexibility index (Phi) is 6.93. The topological polar surface area (TPSA) is 66.5 Å². The first-order valence-electron chi connectivity index (χ1n) is 10.1. The van der Waals surface area contributed by atoms with Crippen LogP contribution in [0.4, 0.5) is 24.5 Å². The number of sulfone groups is 1. The van der Waals surface area contributed by atoms with Gasteiger partial charge in [0.2, 0.25) is 5.91 Å². The minimum absolute atomic E-state index is 0.0504. The standard InChI is InChI=1S/C22H25F3N2O3S/c1-16-5-8-18(9-6-16)31(29,30)14-11-21(28)26-19-15-17(22(23,24)25)7-10-20(19)27-12-3-2-4-13-27/h5-10,15H,2-4,11-14H2,1H3,(H,26,28). The van der Waals surface area contributed by atoms with Gasteiger partial charge in [0, 0.05) is 19.5 Å². The molecule has 1 N–H and O–H groups in total. The Morgan fingerprint density at radius 3 is 2.29 bits per heavy atom. The third-order valence-corrected chi connectivity index (χ3v) is 7.00. The van der Waals surface area contributed by atoms with Crippen LogP contribution in [0, 0.1) is 6.92 Å². The fourth-order valence-corrected chi connectivity index (χ4v) is 4.77. The molecule has 0 radical (unpaired) electrons. The lowest BCUT2D eigenvalue weighted by molar-refractivity contribution is -0.137. The largest absolute Gasteiger partial charge is 0.416 e. The molecule has 1 fully saturated rings. The summed E-state index contributed by atoms with van der Waals surface area (Å²) in [5, 5.41) is 2.51. The van der Waals surface area contributed by atoms with Crippen LogP contribution in [0.1, 0.15) is 36.8 Å². The van der Waals surface area contributed by atoms with Crippen molar-refractivity contribution >= 4 is 27.1 Å². The summed E-state index contributed by atoms with van der Waals surface area (Å²) in [5.74, 6) is -1.08. The number of halogens is 3. The summed E-state index contributed by atoms with van der Waals surface area (Å²) in [5.41, 5.74) is 0.610. The summed E-state index contributed by atoms with van der Waals surface area (Å²) < 4.78 is 64.5. The van der Waals surface area contributed by atoms with E-state index in [9.17, 15) is 26.4 Å². The first-order chi connectivity index (χ1) is 14.6. The molecule has 9 heteroatoms. The number of benzene rings is 2. The zero-order chi connectivity index (χ0) is 22.6. The maximum atomic E-state index is 13.2. The predicted octanol–water partition coefficient (Wildman–Crippen LogP) is 4.81. The number of amides is 1. The SMILES string of the molecule is Cc1ccc(S(=O)(=O)CCC(=O)Nc2cc(C(F)(F)F)ccc2N2CCCCC2)cc1. The Morgan fingerprint density at radius 1 is 1.03 bits per heavy atom. The molecule has 1 saturated heterocycles. The van der Waals surface area contributed by atoms with Crippen molar-refractivity contribution in [1.82, 2.24) is 0 Å². The van der Waals surface area contributed by atoms with E-state index in [1.807, 2.05) is 11.8 Å². The highest BCUT2D eigenvalue weighted by Crippen LogP contribution is 2.36. The highest BCUT2D eigenvalue weighted by molar-refractivity contribution is 7.91. The Labute approximate surface area is 180 Å². The number of anilines is 2. The number of hydrogen-bond donors (Lipinski definition) is 1. The Balaban J connectivity index is 1.76. The second-order valence-corrected chi connectivity index (χ2v) is 9.82. The van der Waals surface area contributed by atoms with Crippen molar-refractivity contribution < 1.29 is 26.4 Å². The van der Waals surface area contributed by atoms with Crippen LogP contribution < -0.4 is 10.2 Å². The molecule has 168 valence electrons. The maximum Gasteiger partial charge on any atom is 0.416 e. The normalized spacial score (nSPS) is 15.0. The van der Waals surface area contributed by atoms with E-state index in [2.05, 4.69) is 5.32 Å². The van der Waals surface area contributed by atoms with Crippen molar-refractivity contribution in [3.8, 4) is 0 Å². The fourth-order valence-electron chi connectivity index (χ4n) is 3.53. The van der Waals surface area contributed by atoms with Gasteiger partial charge in [0.15, 0.2) is 9.84 Å². The molecule has 0 aliphatic carbocycles. The van der Waals surface area contributed by atoms with Crippen LogP contribution in [-0.4, -0.2) is 33.2 Å². The van der Waals surface area contributed by atoms with E-state index >= 15 is 0 Å². The molecule has 1 heterocycles. The highest BCUT2D eigenvalue weighted by Gasteiger charge is 2.32. The van der Waals surface area contributed by atoms with Gasteiger partial charge < -0.3 is 10.2 Å². The van der Waals surface area contributed by atoms with Crippen molar-refractivity contribution in [2.45, 2.75) is 43.7 Å². The molecule has 0 aromatic heterocycles. The molecule has 0 bridgehead atoms. The summed E-state index contributed by atoms with van der Waals surface area (Å²) in [6.07, 6.45) is -2.01. The van der Waals surface area contributed by atoms with Gasteiger partial charge in [-0.05, 0) is 56.5 Å². The van der Waals surface area contributed by atoms with Gasteiger partial charge in [0.05, 0.1) is 27.6 Å². The predicted molar refractivity (Wildman–Crippen MR) is 114 cm³/mol. The summed E-state index contributed by atoms with van der Waals surface area (Å²) in [4.78, 5) is 14.5. The average Bonchev–Trinajstić information content (AvgIpc) is 2.73. The molecule has 5 nitrogen and oxygen atoms in total. The molecule has 0 saturated carbocycles. The number of nitrogens with zero attached hydrogens (tertiary/aromatic N) is 1. The fraction of sp³-hybridized carbons (Fsp3) is 0.409. The zero-order valence-corrected chi connectivity index (χ0v) is 18.0. The molecule has 1 aliphatic heterocycles. The second kappa shape index (κ2) is 9.30. The lowest BCUT2D eigenvalue weighted by atomic mass is 10.1. The molecule has 2 aromatic rings. The van der Waals surface area contributed by atoms with Gasteiger partial charge in [-0.2, -0.15) is 13.2 Å². The number of hydrogen-bond acceptors (Lipinski definition) is 4. The minimum Gasteiger partial charge on any atom is -0.370 e. The zero-order valence-electron chi connectivity index (χ0n) is 17.2. The van der Waals surface area contributed by atoms with Crippen LogP contribution in [0.5, 0.6) is 0 Å². The quantitative estimate of drug-likeness (QED) is 0.681. The molecular formula is C22H25F3N2O3S. The van der Waals surface area contributed by atoms with Crippen molar-refractivity contribution in [2.75, 3.05) is 29.1 Å². The van der Waals surface area contributed by atoms with Gasteiger partial charge in [-0.15, -0.1) is 0 Å². The number of rotatable bonds is 6. The van der Waals surface area contributed by atoms with E-state index in [1.165, 1.54) is 18.2 Å². The number of carbonyl (C=O) groups is 1. The monoisotopic (exact) mass is 454 g/mol. The first kappa shape index (κ1) is 23.1. The number of aryl methyl sites for hydroxylation is 1. The summed E-state index contributed by atoms with van der Waals surface area (Å²) in [6, 6.07) is 9.57. The molecular weight excluding hydrogens is 429 g/mol. The molecule has 0 spiro atoms. The summed E-state index contributed by atoms with van der Waals surface area (Å²) >= 11 is 0. The van der Waals surface area contributed by atoms with E-state index in [1.54, 1.807) is 12.1 Å². The smallest absolute Gasteiger partial charge is 0.370 e. The molecule has 1 aliphatic rings. The maximum absolute atomic E-state index is 13.2. The van der Waals surface area contributed by atoms with E-state index in [0.29, 0.717) is 18.8 Å². The van der Waals surface area contributed by atoms with E-state index in [4.69, 9.17) is 0 Å². The highest BCUT2D eigenvalue weighted by atomic mass is 32.2. The van der Waals surface area contributed by atoms with Gasteiger partial charge in [0.25, 0.3) is 0 Å². The molecule has 1 amide bonds. The van der Waals surface area contributed by atoms with Gasteiger partial charge >= 0.3 is 6.18 Å². The van der Waals surface area contributed by atoms with Crippen LogP contribution >= 0.6 is 0 Å². The van der Waals surface area contributed by atoms with E-state index < -0.39 is 33.2 Å². The number of alkyl halides is 3. The molecule has 3 rings (SSSR count). The Hall–Kier alpha value is -2.55. The third kappa shape index (κ3) is 6.00. The van der Waals surface area contributed by atoms with Crippen molar-refractivity contribution in [1.29, 1.82) is 0 Å². The summed E-state index contributed by atoms with van der Waals surface area (Å²) in [6.45, 7) is 3.21.